The standard InChI is InChI=1S/C21H15FN2O3S/c22-15-8-2-3-9-16(15)23-21(26)20-19(14-7-1-4-10-17(14)27-20)24-18(25)12-13-6-5-11-28-13/h1-11H,12H2,(H,23,26)(H,24,25). The van der Waals surface area contributed by atoms with E-state index >= 15 is 0 Å². The fourth-order valence-corrected chi connectivity index (χ4v) is 3.53. The van der Waals surface area contributed by atoms with Crippen molar-refractivity contribution >= 4 is 45.5 Å². The predicted molar refractivity (Wildman–Crippen MR) is 107 cm³/mol. The Balaban J connectivity index is 1.65. The highest BCUT2D eigenvalue weighted by Gasteiger charge is 2.23. The smallest absolute Gasteiger partial charge is 0.293 e. The Kier molecular flexibility index (Phi) is 4.90. The molecule has 0 radical (unpaired) electrons. The van der Waals surface area contributed by atoms with Gasteiger partial charge in [0, 0.05) is 10.3 Å². The summed E-state index contributed by atoms with van der Waals surface area (Å²) in [5.74, 6) is -1.55. The molecule has 0 atom stereocenters. The van der Waals surface area contributed by atoms with Gasteiger partial charge in [-0.3, -0.25) is 9.59 Å². The second-order valence-electron chi connectivity index (χ2n) is 6.04. The number of anilines is 2. The van der Waals surface area contributed by atoms with Gasteiger partial charge in [0.2, 0.25) is 11.7 Å². The molecule has 2 amide bonds. The van der Waals surface area contributed by atoms with Gasteiger partial charge < -0.3 is 15.1 Å². The van der Waals surface area contributed by atoms with Gasteiger partial charge in [-0.15, -0.1) is 11.3 Å². The number of amides is 2. The van der Waals surface area contributed by atoms with Crippen LogP contribution in [0, 0.1) is 5.82 Å². The van der Waals surface area contributed by atoms with Crippen molar-refractivity contribution in [2.24, 2.45) is 0 Å². The fraction of sp³-hybridized carbons (Fsp3) is 0.0476. The number of carbonyl (C=O) groups excluding carboxylic acids is 2. The third kappa shape index (κ3) is 3.65. The average molecular weight is 394 g/mol. The zero-order valence-corrected chi connectivity index (χ0v) is 15.4. The maximum atomic E-state index is 13.9. The molecule has 28 heavy (non-hydrogen) atoms. The Bertz CT molecular complexity index is 1150. The highest BCUT2D eigenvalue weighted by atomic mass is 32.1. The number of rotatable bonds is 5. The number of furan rings is 1. The Morgan fingerprint density at radius 3 is 2.54 bits per heavy atom. The summed E-state index contributed by atoms with van der Waals surface area (Å²) in [6, 6.07) is 16.6. The van der Waals surface area contributed by atoms with Crippen LogP contribution >= 0.6 is 11.3 Å². The zero-order valence-electron chi connectivity index (χ0n) is 14.6. The van der Waals surface area contributed by atoms with Gasteiger partial charge in [0.05, 0.1) is 12.1 Å². The van der Waals surface area contributed by atoms with Gasteiger partial charge in [-0.05, 0) is 35.7 Å². The molecule has 2 N–H and O–H groups in total. The van der Waals surface area contributed by atoms with Gasteiger partial charge in [0.1, 0.15) is 17.1 Å². The molecule has 0 spiro atoms. The van der Waals surface area contributed by atoms with E-state index in [-0.39, 0.29) is 29.5 Å². The topological polar surface area (TPSA) is 71.3 Å². The first-order valence-electron chi connectivity index (χ1n) is 8.51. The van der Waals surface area contributed by atoms with Crippen LogP contribution in [0.15, 0.2) is 70.5 Å². The molecule has 0 saturated carbocycles. The van der Waals surface area contributed by atoms with Crippen molar-refractivity contribution in [2.75, 3.05) is 10.6 Å². The second kappa shape index (κ2) is 7.66. The third-order valence-corrected chi connectivity index (χ3v) is 4.98. The molecule has 5 nitrogen and oxygen atoms in total. The van der Waals surface area contributed by atoms with E-state index in [1.807, 2.05) is 17.5 Å². The number of hydrogen-bond donors (Lipinski definition) is 2. The van der Waals surface area contributed by atoms with Crippen LogP contribution < -0.4 is 10.6 Å². The molecule has 2 heterocycles. The van der Waals surface area contributed by atoms with Crippen molar-refractivity contribution in [1.29, 1.82) is 0 Å². The molecule has 140 valence electrons. The Morgan fingerprint density at radius 2 is 1.75 bits per heavy atom. The molecule has 0 saturated heterocycles. The summed E-state index contributed by atoms with van der Waals surface area (Å²) in [7, 11) is 0. The van der Waals surface area contributed by atoms with Gasteiger partial charge in [-0.25, -0.2) is 4.39 Å². The molecule has 2 aromatic carbocycles. The van der Waals surface area contributed by atoms with E-state index in [0.717, 1.165) is 4.88 Å². The number of halogens is 1. The Morgan fingerprint density at radius 1 is 0.964 bits per heavy atom. The minimum Gasteiger partial charge on any atom is -0.449 e. The van der Waals surface area contributed by atoms with Crippen LogP contribution in [0.3, 0.4) is 0 Å². The zero-order chi connectivity index (χ0) is 19.5. The van der Waals surface area contributed by atoms with Crippen LogP contribution in [-0.2, 0) is 11.2 Å². The van der Waals surface area contributed by atoms with E-state index < -0.39 is 11.7 Å². The Hall–Kier alpha value is -3.45. The highest BCUT2D eigenvalue weighted by Crippen LogP contribution is 2.32. The number of nitrogens with one attached hydrogen (secondary N) is 2. The lowest BCUT2D eigenvalue weighted by molar-refractivity contribution is -0.115. The van der Waals surface area contributed by atoms with Crippen LogP contribution in [0.1, 0.15) is 15.4 Å². The number of hydrogen-bond acceptors (Lipinski definition) is 4. The number of benzene rings is 2. The highest BCUT2D eigenvalue weighted by molar-refractivity contribution is 7.10. The van der Waals surface area contributed by atoms with Gasteiger partial charge in [-0.1, -0.05) is 30.3 Å². The van der Waals surface area contributed by atoms with Crippen LogP contribution in [-0.4, -0.2) is 11.8 Å². The van der Waals surface area contributed by atoms with Crippen LogP contribution in [0.5, 0.6) is 0 Å². The SMILES string of the molecule is O=C(Cc1cccs1)Nc1c(C(=O)Nc2ccccc2F)oc2ccccc12. The van der Waals surface area contributed by atoms with Crippen LogP contribution in [0.4, 0.5) is 15.8 Å². The first-order valence-corrected chi connectivity index (χ1v) is 9.39. The summed E-state index contributed by atoms with van der Waals surface area (Å²) < 4.78 is 19.5. The van der Waals surface area contributed by atoms with Crippen LogP contribution in [0.25, 0.3) is 11.0 Å². The van der Waals surface area contributed by atoms with E-state index in [0.29, 0.717) is 11.0 Å². The monoisotopic (exact) mass is 394 g/mol. The maximum Gasteiger partial charge on any atom is 0.293 e. The molecule has 4 rings (SSSR count). The first-order chi connectivity index (χ1) is 13.6. The Labute approximate surface area is 163 Å². The lowest BCUT2D eigenvalue weighted by atomic mass is 10.2. The van der Waals surface area contributed by atoms with E-state index in [2.05, 4.69) is 10.6 Å². The summed E-state index contributed by atoms with van der Waals surface area (Å²) in [4.78, 5) is 26.1. The summed E-state index contributed by atoms with van der Waals surface area (Å²) >= 11 is 1.48. The number of carbonyl (C=O) groups is 2. The maximum absolute atomic E-state index is 13.9. The molecule has 0 bridgehead atoms. The van der Waals surface area contributed by atoms with E-state index in [1.165, 1.54) is 29.5 Å². The van der Waals surface area contributed by atoms with Crippen molar-refractivity contribution in [1.82, 2.24) is 0 Å². The van der Waals surface area contributed by atoms with Crippen molar-refractivity contribution in [2.45, 2.75) is 6.42 Å². The molecule has 2 aromatic heterocycles. The summed E-state index contributed by atoms with van der Waals surface area (Å²) in [5, 5.41) is 7.75. The van der Waals surface area contributed by atoms with Gasteiger partial charge >= 0.3 is 0 Å². The van der Waals surface area contributed by atoms with Crippen molar-refractivity contribution < 1.29 is 18.4 Å². The van der Waals surface area contributed by atoms with Crippen molar-refractivity contribution in [3.63, 3.8) is 0 Å². The molecule has 0 aliphatic rings. The molecule has 4 aromatic rings. The molecule has 0 fully saturated rings. The minimum absolute atomic E-state index is 0.0313. The molecular formula is C21H15FN2O3S. The third-order valence-electron chi connectivity index (χ3n) is 4.10. The van der Waals surface area contributed by atoms with Gasteiger partial charge in [0.15, 0.2) is 0 Å². The van der Waals surface area contributed by atoms with E-state index in [9.17, 15) is 14.0 Å². The summed E-state index contributed by atoms with van der Waals surface area (Å²) in [5.41, 5.74) is 0.752. The van der Waals surface area contributed by atoms with Gasteiger partial charge in [0.25, 0.3) is 5.91 Å². The summed E-state index contributed by atoms with van der Waals surface area (Å²) in [6.45, 7) is 0. The molecule has 0 unspecified atom stereocenters. The predicted octanol–water partition coefficient (Wildman–Crippen LogP) is 5.07. The molecule has 7 heteroatoms. The van der Waals surface area contributed by atoms with Crippen molar-refractivity contribution in [3.8, 4) is 0 Å². The van der Waals surface area contributed by atoms with Crippen molar-refractivity contribution in [3.05, 3.63) is 82.5 Å². The number of para-hydroxylation sites is 2. The second-order valence-corrected chi connectivity index (χ2v) is 7.07. The molecular weight excluding hydrogens is 379 g/mol. The first kappa shape index (κ1) is 17.9. The summed E-state index contributed by atoms with van der Waals surface area (Å²) in [6.07, 6.45) is 0.186. The lowest BCUT2D eigenvalue weighted by Gasteiger charge is -2.07. The number of fused-ring (bicyclic) bond motifs is 1. The van der Waals surface area contributed by atoms with E-state index in [4.69, 9.17) is 4.42 Å². The minimum atomic E-state index is -0.646. The van der Waals surface area contributed by atoms with E-state index in [1.54, 1.807) is 30.3 Å². The largest absolute Gasteiger partial charge is 0.449 e. The quantitative estimate of drug-likeness (QED) is 0.497. The lowest BCUT2D eigenvalue weighted by Crippen LogP contribution is -2.18. The molecule has 0 aliphatic carbocycles. The van der Waals surface area contributed by atoms with Crippen LogP contribution in [0.2, 0.25) is 0 Å². The fourth-order valence-electron chi connectivity index (χ4n) is 2.83. The normalized spacial score (nSPS) is 10.8. The molecule has 0 aliphatic heterocycles. The number of thiophene rings is 1. The van der Waals surface area contributed by atoms with Gasteiger partial charge in [-0.2, -0.15) is 0 Å². The average Bonchev–Trinajstić information content (AvgIpc) is 3.32.